The second-order valence-electron chi connectivity index (χ2n) is 7.84. The van der Waals surface area contributed by atoms with E-state index < -0.39 is 0 Å². The van der Waals surface area contributed by atoms with Gasteiger partial charge in [-0.2, -0.15) is 0 Å². The number of aryl methyl sites for hydroxylation is 1. The van der Waals surface area contributed by atoms with E-state index in [2.05, 4.69) is 26.4 Å². The molecular weight excluding hydrogens is 412 g/mol. The molecule has 6 nitrogen and oxygen atoms in total. The number of pyridine rings is 3. The van der Waals surface area contributed by atoms with E-state index >= 15 is 0 Å². The Morgan fingerprint density at radius 1 is 0.879 bits per heavy atom. The minimum atomic E-state index is 0.144. The summed E-state index contributed by atoms with van der Waals surface area (Å²) in [5, 5.41) is 13.4. The van der Waals surface area contributed by atoms with Crippen molar-refractivity contribution in [1.29, 1.82) is 0 Å². The van der Waals surface area contributed by atoms with Gasteiger partial charge in [-0.25, -0.2) is 9.97 Å². The second kappa shape index (κ2) is 7.60. The van der Waals surface area contributed by atoms with E-state index in [9.17, 15) is 5.11 Å². The number of hydrogen-bond acceptors (Lipinski definition) is 5. The molecular formula is C27H20N4O2. The van der Waals surface area contributed by atoms with E-state index in [0.717, 1.165) is 45.0 Å². The standard InChI is InChI=1S/C27H20N4O2/c1-2-17-6-10-24(32)27-19(17)9-11-26(30-27)33-18-7-8-20-21-16-28-14-12-22(21)31(23(20)15-18)25-5-3-4-13-29-25/h3-16,32H,2H2,1H3. The number of ether oxygens (including phenoxy) is 1. The first-order valence-corrected chi connectivity index (χ1v) is 10.8. The van der Waals surface area contributed by atoms with Crippen molar-refractivity contribution in [3.05, 3.63) is 90.9 Å². The van der Waals surface area contributed by atoms with Crippen LogP contribution in [0.1, 0.15) is 12.5 Å². The summed E-state index contributed by atoms with van der Waals surface area (Å²) in [7, 11) is 0. The smallest absolute Gasteiger partial charge is 0.219 e. The largest absolute Gasteiger partial charge is 0.506 e. The highest BCUT2D eigenvalue weighted by atomic mass is 16.5. The van der Waals surface area contributed by atoms with Gasteiger partial charge in [-0.1, -0.05) is 19.1 Å². The normalized spacial score (nSPS) is 11.4. The molecule has 0 unspecified atom stereocenters. The van der Waals surface area contributed by atoms with Crippen LogP contribution in [0, 0.1) is 0 Å². The fourth-order valence-corrected chi connectivity index (χ4v) is 4.37. The molecule has 160 valence electrons. The Morgan fingerprint density at radius 2 is 1.79 bits per heavy atom. The van der Waals surface area contributed by atoms with E-state index in [0.29, 0.717) is 17.1 Å². The zero-order valence-corrected chi connectivity index (χ0v) is 17.9. The Morgan fingerprint density at radius 3 is 2.64 bits per heavy atom. The molecule has 6 aromatic rings. The third-order valence-electron chi connectivity index (χ3n) is 5.92. The molecule has 2 aromatic carbocycles. The van der Waals surface area contributed by atoms with Gasteiger partial charge in [0.15, 0.2) is 0 Å². The van der Waals surface area contributed by atoms with E-state index in [1.165, 1.54) is 0 Å². The van der Waals surface area contributed by atoms with Crippen LogP contribution in [0.3, 0.4) is 0 Å². The third kappa shape index (κ3) is 3.15. The summed E-state index contributed by atoms with van der Waals surface area (Å²) < 4.78 is 8.24. The van der Waals surface area contributed by atoms with E-state index in [-0.39, 0.29) is 5.75 Å². The van der Waals surface area contributed by atoms with E-state index in [4.69, 9.17) is 4.74 Å². The first kappa shape index (κ1) is 19.3. The molecule has 0 fully saturated rings. The summed E-state index contributed by atoms with van der Waals surface area (Å²) in [5.74, 6) is 2.04. The van der Waals surface area contributed by atoms with Crippen LogP contribution < -0.4 is 4.74 Å². The van der Waals surface area contributed by atoms with Crippen LogP contribution in [-0.4, -0.2) is 24.6 Å². The Hall–Kier alpha value is -4.45. The maximum atomic E-state index is 10.3. The van der Waals surface area contributed by atoms with Crippen LogP contribution in [0.15, 0.2) is 85.3 Å². The molecule has 0 radical (unpaired) electrons. The molecule has 0 spiro atoms. The van der Waals surface area contributed by atoms with Crippen LogP contribution in [0.2, 0.25) is 0 Å². The maximum Gasteiger partial charge on any atom is 0.219 e. The van der Waals surface area contributed by atoms with Crippen LogP contribution in [0.5, 0.6) is 17.4 Å². The van der Waals surface area contributed by atoms with Crippen molar-refractivity contribution in [3.63, 3.8) is 0 Å². The maximum absolute atomic E-state index is 10.3. The van der Waals surface area contributed by atoms with Gasteiger partial charge in [-0.05, 0) is 54.4 Å². The van der Waals surface area contributed by atoms with E-state index in [1.54, 1.807) is 18.5 Å². The predicted molar refractivity (Wildman–Crippen MR) is 129 cm³/mol. The summed E-state index contributed by atoms with van der Waals surface area (Å²) >= 11 is 0. The number of aromatic hydroxyl groups is 1. The third-order valence-corrected chi connectivity index (χ3v) is 5.92. The van der Waals surface area contributed by atoms with Crippen LogP contribution in [-0.2, 0) is 6.42 Å². The fourth-order valence-electron chi connectivity index (χ4n) is 4.37. The van der Waals surface area contributed by atoms with Gasteiger partial charge in [-0.3, -0.25) is 9.55 Å². The molecule has 0 bridgehead atoms. The number of benzene rings is 2. The molecule has 0 saturated carbocycles. The summed E-state index contributed by atoms with van der Waals surface area (Å²) in [6.07, 6.45) is 6.30. The van der Waals surface area contributed by atoms with Crippen molar-refractivity contribution in [2.45, 2.75) is 13.3 Å². The van der Waals surface area contributed by atoms with Gasteiger partial charge in [-0.15, -0.1) is 0 Å². The highest BCUT2D eigenvalue weighted by Crippen LogP contribution is 2.35. The number of phenolic OH excluding ortho intramolecular Hbond substituents is 1. The molecule has 0 aliphatic carbocycles. The van der Waals surface area contributed by atoms with Gasteiger partial charge in [0.2, 0.25) is 5.88 Å². The summed E-state index contributed by atoms with van der Waals surface area (Å²) in [6.45, 7) is 2.08. The average Bonchev–Trinajstić information content (AvgIpc) is 3.19. The van der Waals surface area contributed by atoms with Gasteiger partial charge in [0, 0.05) is 46.9 Å². The Kier molecular flexibility index (Phi) is 4.43. The lowest BCUT2D eigenvalue weighted by Gasteiger charge is -2.10. The molecule has 4 aromatic heterocycles. The van der Waals surface area contributed by atoms with Crippen molar-refractivity contribution in [1.82, 2.24) is 19.5 Å². The molecule has 6 heteroatoms. The Bertz CT molecular complexity index is 1640. The molecule has 0 aliphatic rings. The molecule has 1 N–H and O–H groups in total. The van der Waals surface area contributed by atoms with Gasteiger partial charge in [0.1, 0.15) is 22.8 Å². The van der Waals surface area contributed by atoms with Crippen molar-refractivity contribution < 1.29 is 9.84 Å². The predicted octanol–water partition coefficient (Wildman–Crippen LogP) is 6.18. The molecule has 33 heavy (non-hydrogen) atoms. The first-order valence-electron chi connectivity index (χ1n) is 10.8. The number of phenols is 1. The van der Waals surface area contributed by atoms with Gasteiger partial charge in [0.25, 0.3) is 0 Å². The summed E-state index contributed by atoms with van der Waals surface area (Å²) in [5.41, 5.74) is 3.67. The van der Waals surface area contributed by atoms with E-state index in [1.807, 2.05) is 66.9 Å². The molecule has 0 saturated heterocycles. The number of fused-ring (bicyclic) bond motifs is 4. The highest BCUT2D eigenvalue weighted by Gasteiger charge is 2.15. The molecule has 0 aliphatic heterocycles. The molecule has 4 heterocycles. The minimum Gasteiger partial charge on any atom is -0.506 e. The Balaban J connectivity index is 1.49. The van der Waals surface area contributed by atoms with Crippen molar-refractivity contribution in [3.8, 4) is 23.2 Å². The van der Waals surface area contributed by atoms with Gasteiger partial charge >= 0.3 is 0 Å². The zero-order valence-electron chi connectivity index (χ0n) is 17.9. The SMILES string of the molecule is CCc1ccc(O)c2nc(Oc3ccc4c5cnccc5n(-c5ccccn5)c4c3)ccc12. The highest BCUT2D eigenvalue weighted by molar-refractivity contribution is 6.09. The topological polar surface area (TPSA) is 73.1 Å². The lowest BCUT2D eigenvalue weighted by molar-refractivity contribution is 0.460. The van der Waals surface area contributed by atoms with Crippen molar-refractivity contribution in [2.24, 2.45) is 0 Å². The van der Waals surface area contributed by atoms with Crippen LogP contribution >= 0.6 is 0 Å². The number of hydrogen-bond donors (Lipinski definition) is 1. The number of rotatable bonds is 4. The quantitative estimate of drug-likeness (QED) is 0.360. The van der Waals surface area contributed by atoms with Crippen molar-refractivity contribution >= 4 is 32.7 Å². The lowest BCUT2D eigenvalue weighted by Crippen LogP contribution is -1.96. The second-order valence-corrected chi connectivity index (χ2v) is 7.84. The summed E-state index contributed by atoms with van der Waals surface area (Å²) in [4.78, 5) is 13.5. The number of nitrogens with zero attached hydrogens (tertiary/aromatic N) is 4. The van der Waals surface area contributed by atoms with Crippen LogP contribution in [0.4, 0.5) is 0 Å². The number of aromatic nitrogens is 4. The lowest BCUT2D eigenvalue weighted by atomic mass is 10.1. The summed E-state index contributed by atoms with van der Waals surface area (Å²) in [6, 6.07) is 21.2. The van der Waals surface area contributed by atoms with Crippen molar-refractivity contribution in [2.75, 3.05) is 0 Å². The molecule has 6 rings (SSSR count). The van der Waals surface area contributed by atoms with Gasteiger partial charge in [0.05, 0.1) is 11.0 Å². The Labute approximate surface area is 189 Å². The first-order chi connectivity index (χ1) is 16.2. The fraction of sp³-hybridized carbons (Fsp3) is 0.0741. The zero-order chi connectivity index (χ0) is 22.4. The minimum absolute atomic E-state index is 0.144. The molecule has 0 amide bonds. The molecule has 0 atom stereocenters. The average molecular weight is 432 g/mol. The van der Waals surface area contributed by atoms with Crippen LogP contribution in [0.25, 0.3) is 38.5 Å². The monoisotopic (exact) mass is 432 g/mol. The van der Waals surface area contributed by atoms with Gasteiger partial charge < -0.3 is 9.84 Å².